The van der Waals surface area contributed by atoms with Crippen molar-refractivity contribution in [1.29, 1.82) is 0 Å². The molecule has 0 fully saturated rings. The van der Waals surface area contributed by atoms with Crippen molar-refractivity contribution in [2.75, 3.05) is 5.32 Å². The van der Waals surface area contributed by atoms with Crippen LogP contribution >= 0.6 is 15.9 Å². The number of nitrogens with zero attached hydrogens (tertiary/aromatic N) is 2. The molecule has 3 aromatic rings. The molecule has 0 saturated carbocycles. The van der Waals surface area contributed by atoms with E-state index in [1.54, 1.807) is 0 Å². The summed E-state index contributed by atoms with van der Waals surface area (Å²) in [5.74, 6) is 0. The molecule has 4 heteroatoms. The van der Waals surface area contributed by atoms with Gasteiger partial charge in [-0.3, -0.25) is 9.97 Å². The zero-order chi connectivity index (χ0) is 13.9. The van der Waals surface area contributed by atoms with Crippen molar-refractivity contribution in [3.63, 3.8) is 0 Å². The first-order chi connectivity index (χ1) is 9.74. The highest BCUT2D eigenvalue weighted by molar-refractivity contribution is 9.10. The molecule has 2 aromatic heterocycles. The second-order valence-electron chi connectivity index (χ2n) is 4.65. The molecule has 0 spiro atoms. The maximum Gasteiger partial charge on any atom is 0.0751 e. The third-order valence-corrected chi connectivity index (χ3v) is 3.69. The number of benzene rings is 1. The Bertz CT molecular complexity index is 738. The molecule has 1 aromatic carbocycles. The number of pyridine rings is 2. The van der Waals surface area contributed by atoms with E-state index < -0.39 is 0 Å². The van der Waals surface area contributed by atoms with Gasteiger partial charge in [-0.1, -0.05) is 6.07 Å². The van der Waals surface area contributed by atoms with Gasteiger partial charge in [-0.25, -0.2) is 0 Å². The Balaban J connectivity index is 1.88. The van der Waals surface area contributed by atoms with Crippen LogP contribution in [-0.4, -0.2) is 9.97 Å². The minimum atomic E-state index is 0.695. The van der Waals surface area contributed by atoms with Crippen LogP contribution < -0.4 is 5.32 Å². The van der Waals surface area contributed by atoms with Crippen LogP contribution in [0.2, 0.25) is 0 Å². The SMILES string of the molecule is Cc1ccc(NCc2ccc(Br)cn2)c2cccnc12. The Morgan fingerprint density at radius 3 is 2.80 bits per heavy atom. The number of anilines is 1. The van der Waals surface area contributed by atoms with Gasteiger partial charge < -0.3 is 5.32 Å². The fourth-order valence-corrected chi connectivity index (χ4v) is 2.40. The predicted molar refractivity (Wildman–Crippen MR) is 85.7 cm³/mol. The molecule has 2 heterocycles. The van der Waals surface area contributed by atoms with E-state index in [1.807, 2.05) is 30.6 Å². The van der Waals surface area contributed by atoms with E-state index in [-0.39, 0.29) is 0 Å². The molecule has 0 aliphatic rings. The zero-order valence-corrected chi connectivity index (χ0v) is 12.7. The fourth-order valence-electron chi connectivity index (χ4n) is 2.16. The van der Waals surface area contributed by atoms with E-state index in [4.69, 9.17) is 0 Å². The van der Waals surface area contributed by atoms with Crippen molar-refractivity contribution in [2.24, 2.45) is 0 Å². The van der Waals surface area contributed by atoms with Crippen LogP contribution in [0.3, 0.4) is 0 Å². The second-order valence-corrected chi connectivity index (χ2v) is 5.57. The third kappa shape index (κ3) is 2.65. The number of nitrogens with one attached hydrogen (secondary N) is 1. The lowest BCUT2D eigenvalue weighted by Gasteiger charge is -2.10. The molecular formula is C16H14BrN3. The maximum atomic E-state index is 4.45. The van der Waals surface area contributed by atoms with Crippen LogP contribution in [0.4, 0.5) is 5.69 Å². The molecule has 1 N–H and O–H groups in total. The molecule has 0 bridgehead atoms. The highest BCUT2D eigenvalue weighted by Crippen LogP contribution is 2.24. The van der Waals surface area contributed by atoms with Gasteiger partial charge in [-0.15, -0.1) is 0 Å². The Morgan fingerprint density at radius 2 is 2.00 bits per heavy atom. The summed E-state index contributed by atoms with van der Waals surface area (Å²) in [6.45, 7) is 2.77. The largest absolute Gasteiger partial charge is 0.379 e. The highest BCUT2D eigenvalue weighted by Gasteiger charge is 2.04. The quantitative estimate of drug-likeness (QED) is 0.778. The smallest absolute Gasteiger partial charge is 0.0751 e. The van der Waals surface area contributed by atoms with Crippen LogP contribution in [-0.2, 0) is 6.54 Å². The second kappa shape index (κ2) is 5.59. The van der Waals surface area contributed by atoms with Gasteiger partial charge in [-0.2, -0.15) is 0 Å². The number of rotatable bonds is 3. The highest BCUT2D eigenvalue weighted by atomic mass is 79.9. The summed E-state index contributed by atoms with van der Waals surface area (Å²) in [7, 11) is 0. The Hall–Kier alpha value is -1.94. The average molecular weight is 328 g/mol. The van der Waals surface area contributed by atoms with Crippen LogP contribution in [0, 0.1) is 6.92 Å². The first-order valence-corrected chi connectivity index (χ1v) is 7.22. The van der Waals surface area contributed by atoms with Gasteiger partial charge in [0.25, 0.3) is 0 Å². The standard InChI is InChI=1S/C16H14BrN3/c1-11-4-7-15(14-3-2-8-18-16(11)14)20-10-13-6-5-12(17)9-19-13/h2-9,20H,10H2,1H3. The maximum absolute atomic E-state index is 4.45. The van der Waals surface area contributed by atoms with E-state index in [0.29, 0.717) is 6.54 Å². The summed E-state index contributed by atoms with van der Waals surface area (Å²) < 4.78 is 0.992. The molecule has 0 radical (unpaired) electrons. The fraction of sp³-hybridized carbons (Fsp3) is 0.125. The lowest BCUT2D eigenvalue weighted by Crippen LogP contribution is -2.02. The number of aryl methyl sites for hydroxylation is 1. The minimum absolute atomic E-state index is 0.695. The summed E-state index contributed by atoms with van der Waals surface area (Å²) in [6, 6.07) is 12.2. The molecule has 0 aliphatic heterocycles. The van der Waals surface area contributed by atoms with Crippen molar-refractivity contribution >= 4 is 32.5 Å². The number of hydrogen-bond acceptors (Lipinski definition) is 3. The lowest BCUT2D eigenvalue weighted by atomic mass is 10.1. The van der Waals surface area contributed by atoms with Crippen LogP contribution in [0.5, 0.6) is 0 Å². The van der Waals surface area contributed by atoms with E-state index in [1.165, 1.54) is 5.56 Å². The summed E-state index contributed by atoms with van der Waals surface area (Å²) in [5, 5.41) is 4.58. The van der Waals surface area contributed by atoms with Gasteiger partial charge in [0.05, 0.1) is 17.8 Å². The van der Waals surface area contributed by atoms with Crippen molar-refractivity contribution in [2.45, 2.75) is 13.5 Å². The molecule has 20 heavy (non-hydrogen) atoms. The summed E-state index contributed by atoms with van der Waals surface area (Å²) in [6.07, 6.45) is 3.64. The zero-order valence-electron chi connectivity index (χ0n) is 11.1. The normalized spacial score (nSPS) is 10.7. The molecular weight excluding hydrogens is 314 g/mol. The molecule has 100 valence electrons. The van der Waals surface area contributed by atoms with Crippen molar-refractivity contribution in [1.82, 2.24) is 9.97 Å². The van der Waals surface area contributed by atoms with Gasteiger partial charge >= 0.3 is 0 Å². The Labute approximate surface area is 126 Å². The molecule has 0 saturated heterocycles. The van der Waals surface area contributed by atoms with E-state index in [2.05, 4.69) is 56.3 Å². The molecule has 0 aliphatic carbocycles. The van der Waals surface area contributed by atoms with Crippen LogP contribution in [0.25, 0.3) is 10.9 Å². The molecule has 3 rings (SSSR count). The predicted octanol–water partition coefficient (Wildman–Crippen LogP) is 4.31. The first kappa shape index (κ1) is 13.1. The van der Waals surface area contributed by atoms with Gasteiger partial charge in [0.2, 0.25) is 0 Å². The third-order valence-electron chi connectivity index (χ3n) is 3.22. The molecule has 3 nitrogen and oxygen atoms in total. The van der Waals surface area contributed by atoms with E-state index in [0.717, 1.165) is 26.8 Å². The van der Waals surface area contributed by atoms with Gasteiger partial charge in [0.15, 0.2) is 0 Å². The van der Waals surface area contributed by atoms with Gasteiger partial charge in [-0.05, 0) is 58.7 Å². The Morgan fingerprint density at radius 1 is 1.10 bits per heavy atom. The molecule has 0 atom stereocenters. The average Bonchev–Trinajstić information content (AvgIpc) is 2.49. The number of hydrogen-bond donors (Lipinski definition) is 1. The number of aromatic nitrogens is 2. The van der Waals surface area contributed by atoms with Crippen molar-refractivity contribution in [3.05, 3.63) is 64.5 Å². The van der Waals surface area contributed by atoms with Gasteiger partial charge in [0.1, 0.15) is 0 Å². The van der Waals surface area contributed by atoms with Crippen LogP contribution in [0.15, 0.2) is 53.3 Å². The van der Waals surface area contributed by atoms with E-state index >= 15 is 0 Å². The molecule has 0 unspecified atom stereocenters. The summed E-state index contributed by atoms with van der Waals surface area (Å²) in [4.78, 5) is 8.81. The monoisotopic (exact) mass is 327 g/mol. The summed E-state index contributed by atoms with van der Waals surface area (Å²) in [5.41, 5.74) is 4.32. The van der Waals surface area contributed by atoms with Gasteiger partial charge in [0, 0.05) is 27.9 Å². The van der Waals surface area contributed by atoms with Crippen molar-refractivity contribution < 1.29 is 0 Å². The van der Waals surface area contributed by atoms with Crippen molar-refractivity contribution in [3.8, 4) is 0 Å². The lowest BCUT2D eigenvalue weighted by molar-refractivity contribution is 1.04. The Kier molecular flexibility index (Phi) is 3.65. The molecule has 0 amide bonds. The number of fused-ring (bicyclic) bond motifs is 1. The topological polar surface area (TPSA) is 37.8 Å². The first-order valence-electron chi connectivity index (χ1n) is 6.43. The summed E-state index contributed by atoms with van der Waals surface area (Å²) >= 11 is 3.39. The van der Waals surface area contributed by atoms with E-state index in [9.17, 15) is 0 Å². The number of halogens is 1. The van der Waals surface area contributed by atoms with Crippen LogP contribution in [0.1, 0.15) is 11.3 Å². The minimum Gasteiger partial charge on any atom is -0.379 e.